The van der Waals surface area contributed by atoms with Crippen molar-refractivity contribution in [2.45, 2.75) is 39.2 Å². The van der Waals surface area contributed by atoms with E-state index < -0.39 is 0 Å². The zero-order valence-electron chi connectivity index (χ0n) is 10.2. The molecule has 1 rings (SSSR count). The Balaban J connectivity index is 2.29. The van der Waals surface area contributed by atoms with Crippen molar-refractivity contribution in [3.05, 3.63) is 0 Å². The average molecular weight is 244 g/mol. The summed E-state index contributed by atoms with van der Waals surface area (Å²) >= 11 is 1.73. The fourth-order valence-corrected chi connectivity index (χ4v) is 2.55. The number of hydrogen-bond acceptors (Lipinski definition) is 4. The number of amidine groups is 1. The summed E-state index contributed by atoms with van der Waals surface area (Å²) in [5.74, 6) is 0.870. The van der Waals surface area contributed by atoms with E-state index in [0.29, 0.717) is 19.6 Å². The number of carbonyl (C=O) groups excluding carboxylic acids is 1. The number of nitrogens with zero attached hydrogens (tertiary/aromatic N) is 1. The molecule has 92 valence electrons. The molecule has 0 aliphatic carbocycles. The van der Waals surface area contributed by atoms with Crippen LogP contribution in [0.4, 0.5) is 0 Å². The Morgan fingerprint density at radius 3 is 2.94 bits per heavy atom. The van der Waals surface area contributed by atoms with E-state index in [4.69, 9.17) is 4.74 Å². The van der Waals surface area contributed by atoms with Gasteiger partial charge in [0.1, 0.15) is 0 Å². The molecular weight excluding hydrogens is 224 g/mol. The number of esters is 1. The van der Waals surface area contributed by atoms with Crippen molar-refractivity contribution < 1.29 is 9.53 Å². The minimum absolute atomic E-state index is 0.160. The van der Waals surface area contributed by atoms with Crippen LogP contribution in [0, 0.1) is 0 Å². The van der Waals surface area contributed by atoms with Crippen molar-refractivity contribution in [2.75, 3.05) is 18.9 Å². The molecule has 0 spiro atoms. The SMILES string of the molecule is CCOC(=O)CCN=C1NC(C)(CC)CS1. The van der Waals surface area contributed by atoms with Crippen molar-refractivity contribution >= 4 is 22.9 Å². The van der Waals surface area contributed by atoms with Gasteiger partial charge in [0.15, 0.2) is 5.17 Å². The minimum atomic E-state index is -0.173. The topological polar surface area (TPSA) is 50.7 Å². The van der Waals surface area contributed by atoms with Crippen LogP contribution in [0.1, 0.15) is 33.6 Å². The standard InChI is InChI=1S/C11H20N2O2S/c1-4-11(3)8-16-10(13-11)12-7-6-9(14)15-5-2/h4-8H2,1-3H3,(H,12,13). The molecule has 0 saturated carbocycles. The number of hydrogen-bond donors (Lipinski definition) is 1. The molecular formula is C11H20N2O2S. The van der Waals surface area contributed by atoms with E-state index in [9.17, 15) is 4.79 Å². The molecule has 0 radical (unpaired) electrons. The Bertz CT molecular complexity index is 281. The van der Waals surface area contributed by atoms with E-state index in [1.54, 1.807) is 11.8 Å². The van der Waals surface area contributed by atoms with Gasteiger partial charge in [0, 0.05) is 11.3 Å². The minimum Gasteiger partial charge on any atom is -0.466 e. The highest BCUT2D eigenvalue weighted by atomic mass is 32.2. The Morgan fingerprint density at radius 1 is 1.62 bits per heavy atom. The summed E-state index contributed by atoms with van der Waals surface area (Å²) in [6.45, 7) is 7.11. The second-order valence-electron chi connectivity index (χ2n) is 4.07. The van der Waals surface area contributed by atoms with E-state index in [0.717, 1.165) is 17.3 Å². The van der Waals surface area contributed by atoms with E-state index >= 15 is 0 Å². The fourth-order valence-electron chi connectivity index (χ4n) is 1.32. The molecule has 1 heterocycles. The Hall–Kier alpha value is -0.710. The summed E-state index contributed by atoms with van der Waals surface area (Å²) in [4.78, 5) is 15.4. The van der Waals surface area contributed by atoms with Crippen molar-refractivity contribution in [2.24, 2.45) is 4.99 Å². The summed E-state index contributed by atoms with van der Waals surface area (Å²) in [7, 11) is 0. The number of ether oxygens (including phenoxy) is 1. The zero-order chi connectivity index (χ0) is 12.0. The second-order valence-corrected chi connectivity index (χ2v) is 5.03. The highest BCUT2D eigenvalue weighted by Gasteiger charge is 2.30. The molecule has 16 heavy (non-hydrogen) atoms. The number of aliphatic imine (C=N–C) groups is 1. The van der Waals surface area contributed by atoms with Crippen LogP contribution >= 0.6 is 11.8 Å². The zero-order valence-corrected chi connectivity index (χ0v) is 11.0. The third-order valence-electron chi connectivity index (χ3n) is 2.59. The predicted molar refractivity (Wildman–Crippen MR) is 67.8 cm³/mol. The summed E-state index contributed by atoms with van der Waals surface area (Å²) in [5.41, 5.74) is 0.160. The Morgan fingerprint density at radius 2 is 2.38 bits per heavy atom. The summed E-state index contributed by atoms with van der Waals surface area (Å²) in [5, 5.41) is 4.34. The van der Waals surface area contributed by atoms with Crippen molar-refractivity contribution in [1.82, 2.24) is 5.32 Å². The number of nitrogens with one attached hydrogen (secondary N) is 1. The number of carbonyl (C=O) groups is 1. The number of rotatable bonds is 5. The predicted octanol–water partition coefficient (Wildman–Crippen LogP) is 1.80. The van der Waals surface area contributed by atoms with Crippen LogP contribution in [0.25, 0.3) is 0 Å². The quantitative estimate of drug-likeness (QED) is 0.749. The van der Waals surface area contributed by atoms with Crippen LogP contribution < -0.4 is 5.32 Å². The first-order valence-corrected chi connectivity index (χ1v) is 6.69. The fraction of sp³-hybridized carbons (Fsp3) is 0.818. The summed E-state index contributed by atoms with van der Waals surface area (Å²) in [6, 6.07) is 0. The first kappa shape index (κ1) is 13.4. The van der Waals surface area contributed by atoms with Crippen LogP contribution in [-0.2, 0) is 9.53 Å². The smallest absolute Gasteiger partial charge is 0.307 e. The lowest BCUT2D eigenvalue weighted by molar-refractivity contribution is -0.142. The van der Waals surface area contributed by atoms with Gasteiger partial charge >= 0.3 is 5.97 Å². The van der Waals surface area contributed by atoms with E-state index in [1.807, 2.05) is 6.92 Å². The molecule has 0 aromatic carbocycles. The van der Waals surface area contributed by atoms with E-state index in [-0.39, 0.29) is 11.5 Å². The van der Waals surface area contributed by atoms with Crippen LogP contribution in [0.3, 0.4) is 0 Å². The molecule has 0 aromatic heterocycles. The molecule has 1 N–H and O–H groups in total. The first-order valence-electron chi connectivity index (χ1n) is 5.70. The molecule has 1 fully saturated rings. The molecule has 4 nitrogen and oxygen atoms in total. The lowest BCUT2D eigenvalue weighted by atomic mass is 10.0. The van der Waals surface area contributed by atoms with Gasteiger partial charge in [0.05, 0.1) is 19.6 Å². The molecule has 0 bridgehead atoms. The summed E-state index contributed by atoms with van der Waals surface area (Å²) in [6.07, 6.45) is 1.44. The molecule has 1 aliphatic rings. The first-order chi connectivity index (χ1) is 7.59. The average Bonchev–Trinajstić information content (AvgIpc) is 2.62. The normalized spacial score (nSPS) is 26.8. The van der Waals surface area contributed by atoms with E-state index in [1.165, 1.54) is 0 Å². The molecule has 0 aromatic rings. The maximum atomic E-state index is 11.1. The Labute approximate surface area is 101 Å². The lowest BCUT2D eigenvalue weighted by Gasteiger charge is -2.20. The van der Waals surface area contributed by atoms with Gasteiger partial charge in [-0.25, -0.2) is 0 Å². The van der Waals surface area contributed by atoms with Gasteiger partial charge in [0.2, 0.25) is 0 Å². The third-order valence-corrected chi connectivity index (χ3v) is 3.88. The van der Waals surface area contributed by atoms with Gasteiger partial charge in [-0.2, -0.15) is 0 Å². The van der Waals surface area contributed by atoms with Gasteiger partial charge in [-0.1, -0.05) is 18.7 Å². The lowest BCUT2D eigenvalue weighted by Crippen LogP contribution is -2.39. The van der Waals surface area contributed by atoms with Crippen molar-refractivity contribution in [1.29, 1.82) is 0 Å². The molecule has 0 amide bonds. The maximum absolute atomic E-state index is 11.1. The Kier molecular flexibility index (Phi) is 5.12. The van der Waals surface area contributed by atoms with Crippen LogP contribution in [0.15, 0.2) is 4.99 Å². The maximum Gasteiger partial charge on any atom is 0.307 e. The number of thioether (sulfide) groups is 1. The molecule has 1 unspecified atom stereocenters. The van der Waals surface area contributed by atoms with Crippen LogP contribution in [0.5, 0.6) is 0 Å². The van der Waals surface area contributed by atoms with Gasteiger partial charge in [-0.15, -0.1) is 0 Å². The van der Waals surface area contributed by atoms with Gasteiger partial charge in [0.25, 0.3) is 0 Å². The molecule has 1 saturated heterocycles. The third kappa shape index (κ3) is 4.04. The monoisotopic (exact) mass is 244 g/mol. The van der Waals surface area contributed by atoms with Gasteiger partial charge < -0.3 is 10.1 Å². The highest BCUT2D eigenvalue weighted by Crippen LogP contribution is 2.25. The van der Waals surface area contributed by atoms with Crippen molar-refractivity contribution in [3.63, 3.8) is 0 Å². The van der Waals surface area contributed by atoms with Crippen LogP contribution in [-0.4, -0.2) is 35.6 Å². The molecule has 1 atom stereocenters. The molecule has 1 aliphatic heterocycles. The van der Waals surface area contributed by atoms with Gasteiger partial charge in [-0.05, 0) is 20.3 Å². The molecule has 5 heteroatoms. The largest absolute Gasteiger partial charge is 0.466 e. The summed E-state index contributed by atoms with van der Waals surface area (Å²) < 4.78 is 4.83. The van der Waals surface area contributed by atoms with Crippen molar-refractivity contribution in [3.8, 4) is 0 Å². The van der Waals surface area contributed by atoms with Crippen LogP contribution in [0.2, 0.25) is 0 Å². The highest BCUT2D eigenvalue weighted by molar-refractivity contribution is 8.14. The second kappa shape index (κ2) is 6.13. The van der Waals surface area contributed by atoms with Gasteiger partial charge in [-0.3, -0.25) is 9.79 Å². The van der Waals surface area contributed by atoms with E-state index in [2.05, 4.69) is 24.2 Å².